The highest BCUT2D eigenvalue weighted by atomic mass is 35.5. The molecule has 2 aromatic heterocycles. The summed E-state index contributed by atoms with van der Waals surface area (Å²) in [4.78, 5) is 26.2. The molecule has 0 radical (unpaired) electrons. The monoisotopic (exact) mass is 526 g/mol. The molecule has 1 aromatic carbocycles. The molecule has 3 aromatic rings. The first kappa shape index (κ1) is 24.2. The Kier molecular flexibility index (Phi) is 7.18. The SMILES string of the molecule is O=C(C1CCN(c2nn3cc(-c4ccc(Cl)cc4)nc3s2)CC1)N1CCCC(CN2CCCCC2)C1. The third kappa shape index (κ3) is 5.27. The number of carbonyl (C=O) groups is 1. The van der Waals surface area contributed by atoms with E-state index in [-0.39, 0.29) is 5.92 Å². The van der Waals surface area contributed by atoms with Gasteiger partial charge in [0, 0.05) is 49.2 Å². The van der Waals surface area contributed by atoms with E-state index in [1.165, 1.54) is 45.3 Å². The molecule has 6 rings (SSSR count). The molecule has 192 valence electrons. The van der Waals surface area contributed by atoms with Crippen molar-refractivity contribution in [2.75, 3.05) is 50.7 Å². The number of halogens is 1. The molecule has 3 saturated heterocycles. The van der Waals surface area contributed by atoms with E-state index in [9.17, 15) is 4.79 Å². The summed E-state index contributed by atoms with van der Waals surface area (Å²) in [6.07, 6.45) is 10.3. The Morgan fingerprint density at radius 2 is 1.75 bits per heavy atom. The maximum atomic E-state index is 13.4. The quantitative estimate of drug-likeness (QED) is 0.465. The number of carbonyl (C=O) groups excluding carboxylic acids is 1. The van der Waals surface area contributed by atoms with Crippen molar-refractivity contribution in [3.8, 4) is 11.3 Å². The number of hydrogen-bond donors (Lipinski definition) is 0. The number of likely N-dealkylation sites (tertiary alicyclic amines) is 2. The summed E-state index contributed by atoms with van der Waals surface area (Å²) >= 11 is 7.63. The Morgan fingerprint density at radius 1 is 0.972 bits per heavy atom. The topological polar surface area (TPSA) is 57.0 Å². The van der Waals surface area contributed by atoms with Gasteiger partial charge in [-0.2, -0.15) is 0 Å². The van der Waals surface area contributed by atoms with Crippen molar-refractivity contribution in [1.82, 2.24) is 24.4 Å². The van der Waals surface area contributed by atoms with Crippen LogP contribution in [0.15, 0.2) is 30.5 Å². The van der Waals surface area contributed by atoms with E-state index in [0.29, 0.717) is 11.8 Å². The van der Waals surface area contributed by atoms with Crippen molar-refractivity contribution in [1.29, 1.82) is 0 Å². The fourth-order valence-corrected chi connectivity index (χ4v) is 7.14. The molecule has 5 heterocycles. The molecular weight excluding hydrogens is 492 g/mol. The van der Waals surface area contributed by atoms with Crippen LogP contribution >= 0.6 is 22.9 Å². The Balaban J connectivity index is 1.03. The summed E-state index contributed by atoms with van der Waals surface area (Å²) in [6.45, 7) is 7.31. The Bertz CT molecular complexity index is 1150. The highest BCUT2D eigenvalue weighted by Gasteiger charge is 2.33. The Labute approximate surface area is 222 Å². The molecule has 0 N–H and O–H groups in total. The number of aromatic nitrogens is 3. The van der Waals surface area contributed by atoms with Gasteiger partial charge in [-0.25, -0.2) is 9.50 Å². The summed E-state index contributed by atoms with van der Waals surface area (Å²) in [5.74, 6) is 1.18. The minimum Gasteiger partial charge on any atom is -0.347 e. The molecule has 0 saturated carbocycles. The molecule has 36 heavy (non-hydrogen) atoms. The van der Waals surface area contributed by atoms with Gasteiger partial charge in [0.15, 0.2) is 0 Å². The number of imidazole rings is 1. The van der Waals surface area contributed by atoms with Crippen LogP contribution in [0.25, 0.3) is 16.2 Å². The zero-order valence-electron chi connectivity index (χ0n) is 20.8. The second-order valence-electron chi connectivity index (χ2n) is 10.7. The Morgan fingerprint density at radius 3 is 2.50 bits per heavy atom. The van der Waals surface area contributed by atoms with Crippen LogP contribution in [-0.4, -0.2) is 76.1 Å². The van der Waals surface area contributed by atoms with E-state index in [2.05, 4.69) is 14.7 Å². The fraction of sp³-hybridized carbons (Fsp3) is 0.593. The molecule has 3 aliphatic heterocycles. The number of anilines is 1. The first-order valence-corrected chi connectivity index (χ1v) is 14.7. The highest BCUT2D eigenvalue weighted by molar-refractivity contribution is 7.20. The highest BCUT2D eigenvalue weighted by Crippen LogP contribution is 2.31. The van der Waals surface area contributed by atoms with Crippen molar-refractivity contribution in [3.05, 3.63) is 35.5 Å². The predicted octanol–water partition coefficient (Wildman–Crippen LogP) is 5.05. The van der Waals surface area contributed by atoms with Crippen molar-refractivity contribution in [2.45, 2.75) is 44.9 Å². The minimum atomic E-state index is 0.149. The molecule has 1 unspecified atom stereocenters. The molecular formula is C27H35ClN6OS. The van der Waals surface area contributed by atoms with E-state index >= 15 is 0 Å². The van der Waals surface area contributed by atoms with Gasteiger partial charge in [0.25, 0.3) is 0 Å². The summed E-state index contributed by atoms with van der Waals surface area (Å²) in [5.41, 5.74) is 1.94. The third-order valence-corrected chi connectivity index (χ3v) is 9.32. The van der Waals surface area contributed by atoms with Gasteiger partial charge in [0.05, 0.1) is 11.9 Å². The summed E-state index contributed by atoms with van der Waals surface area (Å²) in [5, 5.41) is 6.51. The van der Waals surface area contributed by atoms with Crippen LogP contribution in [0.1, 0.15) is 44.9 Å². The predicted molar refractivity (Wildman–Crippen MR) is 146 cm³/mol. The molecule has 1 atom stereocenters. The molecule has 3 aliphatic rings. The van der Waals surface area contributed by atoms with E-state index in [1.54, 1.807) is 11.3 Å². The van der Waals surface area contributed by atoms with Gasteiger partial charge < -0.3 is 14.7 Å². The third-order valence-electron chi connectivity index (χ3n) is 8.08. The molecule has 0 aliphatic carbocycles. The van der Waals surface area contributed by atoms with E-state index < -0.39 is 0 Å². The summed E-state index contributed by atoms with van der Waals surface area (Å²) in [6, 6.07) is 7.73. The fourth-order valence-electron chi connectivity index (χ4n) is 6.07. The lowest BCUT2D eigenvalue weighted by Crippen LogP contribution is -2.48. The molecule has 1 amide bonds. The van der Waals surface area contributed by atoms with Gasteiger partial charge in [-0.1, -0.05) is 41.5 Å². The van der Waals surface area contributed by atoms with Crippen LogP contribution in [0.3, 0.4) is 0 Å². The normalized spacial score (nSPS) is 22.4. The lowest BCUT2D eigenvalue weighted by Gasteiger charge is -2.39. The molecule has 0 bridgehead atoms. The molecule has 3 fully saturated rings. The molecule has 0 spiro atoms. The van der Waals surface area contributed by atoms with E-state index in [1.807, 2.05) is 35.0 Å². The molecule has 7 nitrogen and oxygen atoms in total. The summed E-state index contributed by atoms with van der Waals surface area (Å²) < 4.78 is 1.87. The van der Waals surface area contributed by atoms with Crippen LogP contribution in [0.4, 0.5) is 5.13 Å². The van der Waals surface area contributed by atoms with Crippen molar-refractivity contribution >= 4 is 38.9 Å². The minimum absolute atomic E-state index is 0.149. The number of benzene rings is 1. The number of nitrogens with zero attached hydrogens (tertiary/aromatic N) is 6. The van der Waals surface area contributed by atoms with Gasteiger partial charge in [-0.15, -0.1) is 5.10 Å². The first-order chi connectivity index (χ1) is 17.6. The van der Waals surface area contributed by atoms with E-state index in [4.69, 9.17) is 21.7 Å². The lowest BCUT2D eigenvalue weighted by atomic mass is 9.92. The second-order valence-corrected chi connectivity index (χ2v) is 12.0. The van der Waals surface area contributed by atoms with Gasteiger partial charge in [-0.3, -0.25) is 4.79 Å². The van der Waals surface area contributed by atoms with Gasteiger partial charge in [0.1, 0.15) is 0 Å². The van der Waals surface area contributed by atoms with Crippen LogP contribution in [-0.2, 0) is 4.79 Å². The zero-order chi connectivity index (χ0) is 24.5. The number of hydrogen-bond acceptors (Lipinski definition) is 6. The standard InChI is InChI=1S/C27H35ClN6OS/c28-23-8-6-21(7-9-23)24-19-34-26(29-24)36-27(30-34)32-15-10-22(11-16-32)25(35)33-14-4-5-20(18-33)17-31-12-2-1-3-13-31/h6-9,19-20,22H,1-5,10-18H2. The Hall–Kier alpha value is -2.16. The average molecular weight is 527 g/mol. The van der Waals surface area contributed by atoms with Crippen LogP contribution in [0.2, 0.25) is 5.02 Å². The van der Waals surface area contributed by atoms with Crippen LogP contribution in [0.5, 0.6) is 0 Å². The van der Waals surface area contributed by atoms with Gasteiger partial charge >= 0.3 is 0 Å². The first-order valence-electron chi connectivity index (χ1n) is 13.5. The van der Waals surface area contributed by atoms with Crippen molar-refractivity contribution in [2.24, 2.45) is 11.8 Å². The largest absolute Gasteiger partial charge is 0.347 e. The average Bonchev–Trinajstić information content (AvgIpc) is 3.49. The van der Waals surface area contributed by atoms with Crippen molar-refractivity contribution < 1.29 is 4.79 Å². The summed E-state index contributed by atoms with van der Waals surface area (Å²) in [7, 11) is 0. The molecule has 9 heteroatoms. The smallest absolute Gasteiger partial charge is 0.225 e. The van der Waals surface area contributed by atoms with Crippen molar-refractivity contribution in [3.63, 3.8) is 0 Å². The number of fused-ring (bicyclic) bond motifs is 1. The number of amides is 1. The second kappa shape index (κ2) is 10.7. The van der Waals surface area contributed by atoms with Crippen LogP contribution < -0.4 is 4.90 Å². The maximum Gasteiger partial charge on any atom is 0.225 e. The maximum absolute atomic E-state index is 13.4. The number of piperidine rings is 3. The van der Waals surface area contributed by atoms with Gasteiger partial charge in [-0.05, 0) is 69.7 Å². The van der Waals surface area contributed by atoms with E-state index in [0.717, 1.165) is 71.8 Å². The number of rotatable bonds is 5. The lowest BCUT2D eigenvalue weighted by molar-refractivity contribution is -0.138. The van der Waals surface area contributed by atoms with Gasteiger partial charge in [0.2, 0.25) is 16.0 Å². The van der Waals surface area contributed by atoms with Crippen LogP contribution in [0, 0.1) is 11.8 Å². The zero-order valence-corrected chi connectivity index (χ0v) is 22.4.